The molecule has 0 spiro atoms. The van der Waals surface area contributed by atoms with Gasteiger partial charge in [-0.3, -0.25) is 4.99 Å². The fourth-order valence-electron chi connectivity index (χ4n) is 3.04. The predicted molar refractivity (Wildman–Crippen MR) is 90.7 cm³/mol. The van der Waals surface area contributed by atoms with Crippen LogP contribution in [0.5, 0.6) is 0 Å². The molecule has 2 saturated carbocycles. The zero-order valence-corrected chi connectivity index (χ0v) is 14.6. The normalized spacial score (nSPS) is 34.7. The maximum Gasteiger partial charge on any atom is 0.498 e. The van der Waals surface area contributed by atoms with Crippen molar-refractivity contribution >= 4 is 13.3 Å². The summed E-state index contributed by atoms with van der Waals surface area (Å²) in [5, 5.41) is 0. The molecular formula is C17H29BN2O2. The smallest absolute Gasteiger partial charge is 0.402 e. The molecular weight excluding hydrogens is 275 g/mol. The minimum atomic E-state index is -0.396. The first-order valence-electron chi connectivity index (χ1n) is 8.58. The van der Waals surface area contributed by atoms with Crippen LogP contribution in [0.4, 0.5) is 0 Å². The molecule has 2 aliphatic carbocycles. The second-order valence-corrected chi connectivity index (χ2v) is 8.28. The van der Waals surface area contributed by atoms with Gasteiger partial charge in [-0.05, 0) is 65.2 Å². The third-order valence-corrected chi connectivity index (χ3v) is 5.63. The maximum atomic E-state index is 6.38. The standard InChI is InChI=1S/C17H29BN2O2/c1-11-8-13(9-11)20-10-14(15(19)12-6-7-12)18-21-16(2,3)17(4,5)22-18/h10-13H,6-9,19H2,1-5H3. The van der Waals surface area contributed by atoms with Crippen LogP contribution in [-0.2, 0) is 9.31 Å². The average molecular weight is 304 g/mol. The fraction of sp³-hybridized carbons (Fsp3) is 0.824. The third-order valence-electron chi connectivity index (χ3n) is 5.63. The van der Waals surface area contributed by atoms with Gasteiger partial charge in [0.1, 0.15) is 0 Å². The number of rotatable bonds is 4. The highest BCUT2D eigenvalue weighted by molar-refractivity contribution is 6.60. The highest BCUT2D eigenvalue weighted by Crippen LogP contribution is 2.41. The van der Waals surface area contributed by atoms with E-state index in [9.17, 15) is 0 Å². The van der Waals surface area contributed by atoms with Gasteiger partial charge in [0.05, 0.1) is 17.2 Å². The van der Waals surface area contributed by atoms with E-state index in [0.29, 0.717) is 12.0 Å². The molecule has 0 unspecified atom stereocenters. The number of hydrogen-bond donors (Lipinski definition) is 1. The second kappa shape index (κ2) is 5.38. The molecule has 0 amide bonds. The van der Waals surface area contributed by atoms with Crippen molar-refractivity contribution in [2.75, 3.05) is 0 Å². The van der Waals surface area contributed by atoms with Gasteiger partial charge in [0.2, 0.25) is 0 Å². The minimum Gasteiger partial charge on any atom is -0.402 e. The lowest BCUT2D eigenvalue weighted by atomic mass is 9.76. The van der Waals surface area contributed by atoms with Gasteiger partial charge in [-0.15, -0.1) is 0 Å². The van der Waals surface area contributed by atoms with Crippen LogP contribution in [0.1, 0.15) is 60.3 Å². The lowest BCUT2D eigenvalue weighted by molar-refractivity contribution is 0.00578. The van der Waals surface area contributed by atoms with Crippen molar-refractivity contribution in [1.82, 2.24) is 0 Å². The molecule has 1 aliphatic heterocycles. The van der Waals surface area contributed by atoms with Gasteiger partial charge >= 0.3 is 7.12 Å². The van der Waals surface area contributed by atoms with E-state index in [4.69, 9.17) is 20.0 Å². The lowest BCUT2D eigenvalue weighted by Gasteiger charge is -2.32. The predicted octanol–water partition coefficient (Wildman–Crippen LogP) is 3.11. The van der Waals surface area contributed by atoms with Gasteiger partial charge in [-0.25, -0.2) is 0 Å². The van der Waals surface area contributed by atoms with E-state index in [1.807, 2.05) is 6.21 Å². The van der Waals surface area contributed by atoms with Crippen molar-refractivity contribution in [2.45, 2.75) is 77.5 Å². The van der Waals surface area contributed by atoms with Gasteiger partial charge in [-0.1, -0.05) is 6.92 Å². The molecule has 1 saturated heterocycles. The van der Waals surface area contributed by atoms with Crippen LogP contribution in [0.25, 0.3) is 0 Å². The monoisotopic (exact) mass is 304 g/mol. The Balaban J connectivity index is 1.80. The third kappa shape index (κ3) is 2.98. The van der Waals surface area contributed by atoms with Gasteiger partial charge in [0.15, 0.2) is 0 Å². The van der Waals surface area contributed by atoms with Crippen LogP contribution in [-0.4, -0.2) is 30.6 Å². The summed E-state index contributed by atoms with van der Waals surface area (Å²) in [6, 6.07) is 0.444. The first kappa shape index (κ1) is 16.1. The molecule has 2 N–H and O–H groups in total. The van der Waals surface area contributed by atoms with Gasteiger partial charge in [0, 0.05) is 17.4 Å². The van der Waals surface area contributed by atoms with E-state index in [0.717, 1.165) is 17.1 Å². The molecule has 1 heterocycles. The highest BCUT2D eigenvalue weighted by Gasteiger charge is 2.53. The first-order chi connectivity index (χ1) is 10.2. The second-order valence-electron chi connectivity index (χ2n) is 8.28. The number of nitrogens with two attached hydrogens (primary N) is 1. The highest BCUT2D eigenvalue weighted by atomic mass is 16.7. The van der Waals surface area contributed by atoms with Gasteiger partial charge in [0.25, 0.3) is 0 Å². The van der Waals surface area contributed by atoms with Crippen molar-refractivity contribution in [3.63, 3.8) is 0 Å². The fourth-order valence-corrected chi connectivity index (χ4v) is 3.04. The number of allylic oxidation sites excluding steroid dienone is 2. The number of aliphatic imine (C=N–C) groups is 1. The Morgan fingerprint density at radius 1 is 1.14 bits per heavy atom. The molecule has 122 valence electrons. The van der Waals surface area contributed by atoms with Crippen LogP contribution < -0.4 is 5.73 Å². The Morgan fingerprint density at radius 2 is 1.68 bits per heavy atom. The summed E-state index contributed by atoms with van der Waals surface area (Å²) in [4.78, 5) is 4.73. The molecule has 4 nitrogen and oxygen atoms in total. The van der Waals surface area contributed by atoms with Crippen molar-refractivity contribution in [2.24, 2.45) is 22.6 Å². The van der Waals surface area contributed by atoms with Gasteiger partial charge in [-0.2, -0.15) is 0 Å². The molecule has 3 aliphatic rings. The zero-order valence-electron chi connectivity index (χ0n) is 14.6. The summed E-state index contributed by atoms with van der Waals surface area (Å²) >= 11 is 0. The summed E-state index contributed by atoms with van der Waals surface area (Å²) in [6.07, 6.45) is 6.63. The molecule has 0 atom stereocenters. The molecule has 0 bridgehead atoms. The number of nitrogens with zero attached hydrogens (tertiary/aromatic N) is 1. The topological polar surface area (TPSA) is 56.8 Å². The molecule has 0 aromatic rings. The largest absolute Gasteiger partial charge is 0.498 e. The van der Waals surface area contributed by atoms with E-state index >= 15 is 0 Å². The Bertz CT molecular complexity index is 487. The quantitative estimate of drug-likeness (QED) is 0.641. The molecule has 0 aromatic carbocycles. The summed E-state index contributed by atoms with van der Waals surface area (Å²) in [5.74, 6) is 1.29. The molecule has 3 fully saturated rings. The van der Waals surface area contributed by atoms with E-state index < -0.39 is 7.12 Å². The minimum absolute atomic E-state index is 0.342. The molecule has 22 heavy (non-hydrogen) atoms. The van der Waals surface area contributed by atoms with Crippen LogP contribution >= 0.6 is 0 Å². The molecule has 0 radical (unpaired) electrons. The van der Waals surface area contributed by atoms with Crippen LogP contribution in [0, 0.1) is 11.8 Å². The number of hydrogen-bond acceptors (Lipinski definition) is 4. The van der Waals surface area contributed by atoms with E-state index in [2.05, 4.69) is 34.6 Å². The van der Waals surface area contributed by atoms with Crippen LogP contribution in [0.3, 0.4) is 0 Å². The summed E-state index contributed by atoms with van der Waals surface area (Å²) in [5.41, 5.74) is 7.55. The SMILES string of the molecule is CC1CC(N=CC(B2OC(C)(C)C(C)(C)O2)=C(N)C2CC2)C1. The summed E-state index contributed by atoms with van der Waals surface area (Å²) in [7, 11) is -0.396. The Hall–Kier alpha value is -0.805. The van der Waals surface area contributed by atoms with Gasteiger partial charge < -0.3 is 15.0 Å². The van der Waals surface area contributed by atoms with Crippen LogP contribution in [0.2, 0.25) is 0 Å². The first-order valence-corrected chi connectivity index (χ1v) is 8.58. The van der Waals surface area contributed by atoms with E-state index in [1.54, 1.807) is 0 Å². The zero-order chi connectivity index (χ0) is 16.1. The van der Waals surface area contributed by atoms with Crippen molar-refractivity contribution in [1.29, 1.82) is 0 Å². The molecule has 0 aromatic heterocycles. The summed E-state index contributed by atoms with van der Waals surface area (Å²) < 4.78 is 12.4. The average Bonchev–Trinajstić information content (AvgIpc) is 3.15. The maximum absolute atomic E-state index is 6.38. The van der Waals surface area contributed by atoms with Crippen LogP contribution in [0.15, 0.2) is 16.2 Å². The van der Waals surface area contributed by atoms with Crippen molar-refractivity contribution in [3.05, 3.63) is 11.2 Å². The Kier molecular flexibility index (Phi) is 3.93. The van der Waals surface area contributed by atoms with E-state index in [-0.39, 0.29) is 11.2 Å². The van der Waals surface area contributed by atoms with E-state index in [1.165, 1.54) is 25.7 Å². The summed E-state index contributed by atoms with van der Waals surface area (Å²) in [6.45, 7) is 10.6. The Morgan fingerprint density at radius 3 is 2.14 bits per heavy atom. The Labute approximate surface area is 134 Å². The molecule has 5 heteroatoms. The van der Waals surface area contributed by atoms with Crippen molar-refractivity contribution in [3.8, 4) is 0 Å². The van der Waals surface area contributed by atoms with Crippen molar-refractivity contribution < 1.29 is 9.31 Å². The molecule has 3 rings (SSSR count). The lowest BCUT2D eigenvalue weighted by Crippen LogP contribution is -2.41.